The van der Waals surface area contributed by atoms with Crippen molar-refractivity contribution in [2.45, 2.75) is 83.1 Å². The fourth-order valence-electron chi connectivity index (χ4n) is 8.59. The highest BCUT2D eigenvalue weighted by molar-refractivity contribution is 6.04. The zero-order valence-corrected chi connectivity index (χ0v) is 30.3. The van der Waals surface area contributed by atoms with Crippen LogP contribution in [0.25, 0.3) is 32.9 Å². The lowest BCUT2D eigenvalue weighted by atomic mass is 9.95. The summed E-state index contributed by atoms with van der Waals surface area (Å²) >= 11 is 0. The van der Waals surface area contributed by atoms with Crippen LogP contribution >= 0.6 is 0 Å². The average Bonchev–Trinajstić information content (AvgIpc) is 3.74. The number of amides is 1. The number of benzene rings is 2. The molecule has 0 saturated carbocycles. The number of carbonyl (C=O) groups excluding carboxylic acids is 1. The van der Waals surface area contributed by atoms with E-state index in [-0.39, 0.29) is 101 Å². The Morgan fingerprint density at radius 1 is 1.00 bits per heavy atom. The Kier molecular flexibility index (Phi) is 9.93. The van der Waals surface area contributed by atoms with Gasteiger partial charge in [-0.05, 0) is 82.1 Å². The van der Waals surface area contributed by atoms with Gasteiger partial charge in [-0.1, -0.05) is 25.8 Å². The van der Waals surface area contributed by atoms with Gasteiger partial charge >= 0.3 is 18.1 Å². The number of aromatic nitrogens is 3. The molecular formula is C39H41F5N6O4. The second-order valence-corrected chi connectivity index (χ2v) is 14.2. The predicted molar refractivity (Wildman–Crippen MR) is 192 cm³/mol. The van der Waals surface area contributed by atoms with Crippen molar-refractivity contribution in [1.29, 1.82) is 0 Å². The number of anilines is 1. The first-order valence-electron chi connectivity index (χ1n) is 18.3. The molecule has 0 spiro atoms. The summed E-state index contributed by atoms with van der Waals surface area (Å²) in [5, 5.41) is 11.2. The minimum Gasteiger partial charge on any atom is -0.508 e. The highest BCUT2D eigenvalue weighted by Crippen LogP contribution is 2.44. The van der Waals surface area contributed by atoms with Gasteiger partial charge in [0, 0.05) is 36.1 Å². The van der Waals surface area contributed by atoms with E-state index in [2.05, 4.69) is 20.8 Å². The Balaban J connectivity index is 1.45. The topological polar surface area (TPSA) is 104 Å². The van der Waals surface area contributed by atoms with E-state index in [1.165, 1.54) is 18.2 Å². The smallest absolute Gasteiger partial charge is 0.471 e. The molecule has 1 N–H and O–H groups in total. The molecule has 15 heteroatoms. The molecule has 0 bridgehead atoms. The zero-order valence-electron chi connectivity index (χ0n) is 30.3. The molecule has 7 rings (SSSR count). The lowest BCUT2D eigenvalue weighted by Gasteiger charge is -2.47. The van der Waals surface area contributed by atoms with Crippen molar-refractivity contribution in [2.75, 3.05) is 44.3 Å². The summed E-state index contributed by atoms with van der Waals surface area (Å²) in [5.74, 6) is -1.51. The number of nitrogens with zero attached hydrogens (tertiary/aromatic N) is 6. The number of piperazine rings is 1. The van der Waals surface area contributed by atoms with E-state index < -0.39 is 35.8 Å². The lowest BCUT2D eigenvalue weighted by Crippen LogP contribution is -2.63. The molecule has 2 atom stereocenters. The number of carbonyl (C=O) groups is 1. The van der Waals surface area contributed by atoms with Crippen molar-refractivity contribution in [3.8, 4) is 41.2 Å². The first-order chi connectivity index (χ1) is 25.8. The second-order valence-electron chi connectivity index (χ2n) is 14.2. The van der Waals surface area contributed by atoms with Gasteiger partial charge in [-0.3, -0.25) is 9.69 Å². The van der Waals surface area contributed by atoms with E-state index >= 15 is 8.78 Å². The maximum Gasteiger partial charge on any atom is 0.471 e. The molecule has 3 aliphatic rings. The van der Waals surface area contributed by atoms with Gasteiger partial charge in [-0.15, -0.1) is 6.42 Å². The average molecular weight is 753 g/mol. The largest absolute Gasteiger partial charge is 0.508 e. The highest BCUT2D eigenvalue weighted by Gasteiger charge is 2.49. The number of fused-ring (bicyclic) bond motifs is 3. The number of terminal acetylenes is 1. The number of halogens is 5. The number of ether oxygens (including phenoxy) is 2. The van der Waals surface area contributed by atoms with E-state index in [1.54, 1.807) is 25.7 Å². The molecule has 10 nitrogen and oxygen atoms in total. The first-order valence-corrected chi connectivity index (χ1v) is 18.3. The molecule has 3 aliphatic heterocycles. The monoisotopic (exact) mass is 752 g/mol. The van der Waals surface area contributed by atoms with E-state index in [4.69, 9.17) is 20.9 Å². The van der Waals surface area contributed by atoms with Gasteiger partial charge in [-0.25, -0.2) is 13.8 Å². The number of phenolic OH excluding ortho intramolecular Hbond substituents is 1. The van der Waals surface area contributed by atoms with E-state index in [9.17, 15) is 23.1 Å². The predicted octanol–water partition coefficient (Wildman–Crippen LogP) is 6.98. The number of hydrogen-bond acceptors (Lipinski definition) is 9. The Labute approximate surface area is 309 Å². The fourth-order valence-corrected chi connectivity index (χ4v) is 8.59. The molecule has 1 amide bonds. The molecule has 0 aliphatic carbocycles. The number of aromatic hydroxyl groups is 1. The minimum atomic E-state index is -5.07. The molecule has 286 valence electrons. The Hall–Kier alpha value is -4.97. The van der Waals surface area contributed by atoms with Gasteiger partial charge in [0.15, 0.2) is 5.82 Å². The molecule has 0 radical (unpaired) electrons. The Bertz CT molecular complexity index is 2130. The van der Waals surface area contributed by atoms with Crippen LogP contribution in [0.1, 0.15) is 64.9 Å². The summed E-state index contributed by atoms with van der Waals surface area (Å²) in [6, 6.07) is 3.30. The van der Waals surface area contributed by atoms with Crippen LogP contribution < -0.4 is 14.4 Å². The normalized spacial score (nSPS) is 20.1. The summed E-state index contributed by atoms with van der Waals surface area (Å²) in [6.07, 6.45) is 4.89. The molecule has 2 unspecified atom stereocenters. The van der Waals surface area contributed by atoms with Gasteiger partial charge in [-0.2, -0.15) is 23.1 Å². The summed E-state index contributed by atoms with van der Waals surface area (Å²) in [6.45, 7) is 7.14. The molecule has 2 aromatic heterocycles. The quantitative estimate of drug-likeness (QED) is 0.143. The highest BCUT2D eigenvalue weighted by atomic mass is 19.4. The molecular weight excluding hydrogens is 711 g/mol. The van der Waals surface area contributed by atoms with Crippen LogP contribution in [0.4, 0.5) is 27.8 Å². The first kappa shape index (κ1) is 37.3. The minimum absolute atomic E-state index is 0.0109. The lowest BCUT2D eigenvalue weighted by molar-refractivity contribution is -0.191. The Morgan fingerprint density at radius 3 is 2.30 bits per heavy atom. The summed E-state index contributed by atoms with van der Waals surface area (Å²) in [4.78, 5) is 31.7. The van der Waals surface area contributed by atoms with Crippen molar-refractivity contribution in [1.82, 2.24) is 24.8 Å². The maximum absolute atomic E-state index is 17.3. The standard InChI is InChI=1S/C39H41F5N6O4/c1-5-23-19-48(20-24(6-2)50(23)36(52)39(42,43)44)34-30-33(46-37(47-34)54-21-38-13-9-15-49(38)16-10-14-38)31(41)32(45-35(30)53-8-4)27-18-25(51)17-22-11-12-28(40)26(7-3)29(22)27/h3,11-12,17-18,23-24,51H,5-6,8-10,13-16,19-21H2,1-2,4H3. The van der Waals surface area contributed by atoms with Gasteiger partial charge in [0.05, 0.1) is 17.7 Å². The second kappa shape index (κ2) is 14.4. The number of phenols is 1. The SMILES string of the molecule is C#Cc1c(F)ccc2cc(O)cc(-c3nc(OCC)c4c(N5CC(CC)N(C(=O)C(F)(F)F)C(CC)C5)nc(OCC56CCCN5CCC6)nc4c3F)c12. The number of rotatable bonds is 9. The summed E-state index contributed by atoms with van der Waals surface area (Å²) in [5.41, 5.74) is -0.992. The van der Waals surface area contributed by atoms with Crippen molar-refractivity contribution >= 4 is 33.4 Å². The van der Waals surface area contributed by atoms with E-state index in [0.29, 0.717) is 5.39 Å². The van der Waals surface area contributed by atoms with Crippen LogP contribution in [-0.4, -0.2) is 99.0 Å². The van der Waals surface area contributed by atoms with Crippen LogP contribution in [-0.2, 0) is 4.79 Å². The summed E-state index contributed by atoms with van der Waals surface area (Å²) < 4.78 is 86.3. The zero-order chi connectivity index (χ0) is 38.5. The molecule has 3 fully saturated rings. The van der Waals surface area contributed by atoms with Crippen molar-refractivity contribution in [2.24, 2.45) is 0 Å². The van der Waals surface area contributed by atoms with Crippen LogP contribution in [0.3, 0.4) is 0 Å². The molecule has 4 aromatic rings. The third kappa shape index (κ3) is 6.37. The molecule has 54 heavy (non-hydrogen) atoms. The van der Waals surface area contributed by atoms with Crippen LogP contribution in [0.15, 0.2) is 24.3 Å². The third-order valence-corrected chi connectivity index (χ3v) is 11.1. The van der Waals surface area contributed by atoms with Crippen LogP contribution in [0.5, 0.6) is 17.6 Å². The van der Waals surface area contributed by atoms with E-state index in [0.717, 1.165) is 49.7 Å². The number of pyridine rings is 1. The van der Waals surface area contributed by atoms with Gasteiger partial charge in [0.25, 0.3) is 0 Å². The molecule has 5 heterocycles. The van der Waals surface area contributed by atoms with Crippen LogP contribution in [0, 0.1) is 24.0 Å². The number of alkyl halides is 3. The van der Waals surface area contributed by atoms with Gasteiger partial charge in [0.1, 0.15) is 40.6 Å². The van der Waals surface area contributed by atoms with Crippen molar-refractivity contribution in [3.63, 3.8) is 0 Å². The van der Waals surface area contributed by atoms with Gasteiger partial charge in [0.2, 0.25) is 5.88 Å². The molecule has 3 saturated heterocycles. The number of hydrogen-bond donors (Lipinski definition) is 1. The molecule has 2 aromatic carbocycles. The summed E-state index contributed by atoms with van der Waals surface area (Å²) in [7, 11) is 0. The van der Waals surface area contributed by atoms with E-state index in [1.807, 2.05) is 0 Å². The van der Waals surface area contributed by atoms with Gasteiger partial charge < -0.3 is 24.4 Å². The Morgan fingerprint density at radius 2 is 1.69 bits per heavy atom. The van der Waals surface area contributed by atoms with Crippen LogP contribution in [0.2, 0.25) is 0 Å². The van der Waals surface area contributed by atoms with Crippen molar-refractivity contribution in [3.05, 3.63) is 41.5 Å². The third-order valence-electron chi connectivity index (χ3n) is 11.1. The van der Waals surface area contributed by atoms with Crippen molar-refractivity contribution < 1.29 is 41.3 Å². The maximum atomic E-state index is 17.3. The fraction of sp³-hybridized carbons (Fsp3) is 0.487.